The maximum atomic E-state index is 5.70. The van der Waals surface area contributed by atoms with Crippen molar-refractivity contribution in [2.45, 2.75) is 6.42 Å². The van der Waals surface area contributed by atoms with Gasteiger partial charge in [0, 0.05) is 42.3 Å². The number of para-hydroxylation sites is 1. The molecule has 6 nitrogen and oxygen atoms in total. The molecule has 0 aliphatic heterocycles. The summed E-state index contributed by atoms with van der Waals surface area (Å²) < 4.78 is 5.70. The number of nitrogens with one attached hydrogen (secondary N) is 1. The molecule has 4 aromatic rings. The first-order valence-electron chi connectivity index (χ1n) is 8.84. The van der Waals surface area contributed by atoms with E-state index in [9.17, 15) is 0 Å². The normalized spacial score (nSPS) is 10.7. The second-order valence-electron chi connectivity index (χ2n) is 5.97. The standard InChI is InChI=1S/C21H19N5O/c1-2-7-19-18(6-1)21(26-20(25-19)16-5-3-10-23-15-16)24-11-4-14-27-17-8-12-22-13-9-17/h1-3,5-10,12-13,15H,4,11,14H2,(H,24,25,26). The Morgan fingerprint density at radius 1 is 0.852 bits per heavy atom. The number of fused-ring (bicyclic) bond motifs is 1. The van der Waals surface area contributed by atoms with Crippen molar-refractivity contribution < 1.29 is 4.74 Å². The fourth-order valence-electron chi connectivity index (χ4n) is 2.74. The smallest absolute Gasteiger partial charge is 0.163 e. The molecule has 0 amide bonds. The quantitative estimate of drug-likeness (QED) is 0.505. The lowest BCUT2D eigenvalue weighted by molar-refractivity contribution is 0.314. The molecule has 3 aromatic heterocycles. The van der Waals surface area contributed by atoms with Crippen molar-refractivity contribution in [2.24, 2.45) is 0 Å². The first-order valence-corrected chi connectivity index (χ1v) is 8.84. The summed E-state index contributed by atoms with van der Waals surface area (Å²) in [5.74, 6) is 2.32. The number of benzene rings is 1. The van der Waals surface area contributed by atoms with Gasteiger partial charge in [-0.05, 0) is 42.8 Å². The average Bonchev–Trinajstić information content (AvgIpc) is 2.74. The number of pyridine rings is 2. The van der Waals surface area contributed by atoms with Gasteiger partial charge in [-0.3, -0.25) is 9.97 Å². The van der Waals surface area contributed by atoms with Crippen LogP contribution in [0.4, 0.5) is 5.82 Å². The van der Waals surface area contributed by atoms with E-state index < -0.39 is 0 Å². The van der Waals surface area contributed by atoms with Crippen LogP contribution in [0.5, 0.6) is 5.75 Å². The highest BCUT2D eigenvalue weighted by molar-refractivity contribution is 5.90. The summed E-state index contributed by atoms with van der Waals surface area (Å²) in [4.78, 5) is 17.5. The van der Waals surface area contributed by atoms with E-state index in [0.29, 0.717) is 12.4 Å². The molecule has 0 unspecified atom stereocenters. The zero-order valence-electron chi connectivity index (χ0n) is 14.7. The van der Waals surface area contributed by atoms with E-state index in [1.54, 1.807) is 24.8 Å². The average molecular weight is 357 g/mol. The third-order valence-electron chi connectivity index (χ3n) is 4.05. The Morgan fingerprint density at radius 3 is 2.59 bits per heavy atom. The second-order valence-corrected chi connectivity index (χ2v) is 5.97. The highest BCUT2D eigenvalue weighted by atomic mass is 16.5. The van der Waals surface area contributed by atoms with Crippen LogP contribution >= 0.6 is 0 Å². The molecular formula is C21H19N5O. The summed E-state index contributed by atoms with van der Waals surface area (Å²) >= 11 is 0. The minimum Gasteiger partial charge on any atom is -0.493 e. The van der Waals surface area contributed by atoms with E-state index in [1.165, 1.54) is 0 Å². The van der Waals surface area contributed by atoms with Crippen LogP contribution < -0.4 is 10.1 Å². The fourth-order valence-corrected chi connectivity index (χ4v) is 2.74. The lowest BCUT2D eigenvalue weighted by atomic mass is 10.2. The number of rotatable bonds is 7. The molecular weight excluding hydrogens is 338 g/mol. The predicted octanol–water partition coefficient (Wildman–Crippen LogP) is 3.97. The fraction of sp³-hybridized carbons (Fsp3) is 0.143. The molecule has 0 bridgehead atoms. The maximum Gasteiger partial charge on any atom is 0.163 e. The molecule has 0 aliphatic rings. The van der Waals surface area contributed by atoms with Gasteiger partial charge >= 0.3 is 0 Å². The van der Waals surface area contributed by atoms with Crippen LogP contribution in [0.2, 0.25) is 0 Å². The van der Waals surface area contributed by atoms with Crippen LogP contribution in [-0.2, 0) is 0 Å². The molecule has 0 atom stereocenters. The van der Waals surface area contributed by atoms with Crippen molar-refractivity contribution in [1.82, 2.24) is 19.9 Å². The number of hydrogen-bond donors (Lipinski definition) is 1. The second kappa shape index (κ2) is 8.23. The van der Waals surface area contributed by atoms with Gasteiger partial charge in [0.05, 0.1) is 12.1 Å². The first-order chi connectivity index (χ1) is 13.4. The molecule has 0 saturated heterocycles. The van der Waals surface area contributed by atoms with Gasteiger partial charge < -0.3 is 10.1 Å². The molecule has 134 valence electrons. The lowest BCUT2D eigenvalue weighted by Crippen LogP contribution is -2.09. The van der Waals surface area contributed by atoms with E-state index in [2.05, 4.69) is 20.3 Å². The highest BCUT2D eigenvalue weighted by Crippen LogP contribution is 2.24. The van der Waals surface area contributed by atoms with E-state index in [0.717, 1.165) is 41.0 Å². The van der Waals surface area contributed by atoms with Crippen molar-refractivity contribution in [1.29, 1.82) is 0 Å². The SMILES string of the molecule is c1cncc(-c2nc(NCCCOc3ccncc3)c3ccccc3n2)c1. The first kappa shape index (κ1) is 16.9. The van der Waals surface area contributed by atoms with Gasteiger partial charge in [-0.25, -0.2) is 9.97 Å². The van der Waals surface area contributed by atoms with Gasteiger partial charge in [0.15, 0.2) is 5.82 Å². The Balaban J connectivity index is 1.47. The topological polar surface area (TPSA) is 72.8 Å². The van der Waals surface area contributed by atoms with Crippen LogP contribution in [0.3, 0.4) is 0 Å². The predicted molar refractivity (Wildman–Crippen MR) is 106 cm³/mol. The molecule has 0 fully saturated rings. The Hall–Kier alpha value is -3.54. The minimum atomic E-state index is 0.621. The van der Waals surface area contributed by atoms with Gasteiger partial charge in [0.25, 0.3) is 0 Å². The van der Waals surface area contributed by atoms with Gasteiger partial charge in [0.1, 0.15) is 11.6 Å². The molecule has 0 aliphatic carbocycles. The van der Waals surface area contributed by atoms with Crippen molar-refractivity contribution in [2.75, 3.05) is 18.5 Å². The Morgan fingerprint density at radius 2 is 1.74 bits per heavy atom. The minimum absolute atomic E-state index is 0.621. The number of hydrogen-bond acceptors (Lipinski definition) is 6. The molecule has 0 saturated carbocycles. The van der Waals surface area contributed by atoms with Gasteiger partial charge in [-0.2, -0.15) is 0 Å². The van der Waals surface area contributed by atoms with Crippen LogP contribution in [-0.4, -0.2) is 33.1 Å². The summed E-state index contributed by atoms with van der Waals surface area (Å²) in [6, 6.07) is 15.5. The number of ether oxygens (including phenoxy) is 1. The molecule has 4 rings (SSSR count). The third-order valence-corrected chi connectivity index (χ3v) is 4.05. The molecule has 3 heterocycles. The largest absolute Gasteiger partial charge is 0.493 e. The van der Waals surface area contributed by atoms with Gasteiger partial charge in [-0.15, -0.1) is 0 Å². The maximum absolute atomic E-state index is 5.70. The Kier molecular flexibility index (Phi) is 5.15. The van der Waals surface area contributed by atoms with E-state index in [1.807, 2.05) is 48.5 Å². The summed E-state index contributed by atoms with van der Waals surface area (Å²) in [6.45, 7) is 1.37. The number of anilines is 1. The summed E-state index contributed by atoms with van der Waals surface area (Å²) in [6.07, 6.45) is 7.81. The molecule has 27 heavy (non-hydrogen) atoms. The van der Waals surface area contributed by atoms with Gasteiger partial charge in [-0.1, -0.05) is 12.1 Å². The monoisotopic (exact) mass is 357 g/mol. The van der Waals surface area contributed by atoms with Crippen molar-refractivity contribution in [3.05, 3.63) is 73.3 Å². The van der Waals surface area contributed by atoms with Crippen LogP contribution in [0, 0.1) is 0 Å². The molecule has 0 radical (unpaired) electrons. The van der Waals surface area contributed by atoms with E-state index in [-0.39, 0.29) is 0 Å². The summed E-state index contributed by atoms with van der Waals surface area (Å²) in [5.41, 5.74) is 1.80. The lowest BCUT2D eigenvalue weighted by Gasteiger charge is -2.11. The van der Waals surface area contributed by atoms with E-state index in [4.69, 9.17) is 9.72 Å². The summed E-state index contributed by atoms with van der Waals surface area (Å²) in [5, 5.41) is 4.42. The summed E-state index contributed by atoms with van der Waals surface area (Å²) in [7, 11) is 0. The van der Waals surface area contributed by atoms with Crippen LogP contribution in [0.15, 0.2) is 73.3 Å². The molecule has 0 spiro atoms. The zero-order valence-corrected chi connectivity index (χ0v) is 14.7. The Bertz CT molecular complexity index is 1010. The van der Waals surface area contributed by atoms with E-state index >= 15 is 0 Å². The van der Waals surface area contributed by atoms with Crippen molar-refractivity contribution in [3.8, 4) is 17.1 Å². The zero-order chi connectivity index (χ0) is 18.3. The number of nitrogens with zero attached hydrogens (tertiary/aromatic N) is 4. The van der Waals surface area contributed by atoms with Crippen LogP contribution in [0.25, 0.3) is 22.3 Å². The van der Waals surface area contributed by atoms with Crippen molar-refractivity contribution in [3.63, 3.8) is 0 Å². The Labute approximate surface area is 157 Å². The van der Waals surface area contributed by atoms with Crippen molar-refractivity contribution >= 4 is 16.7 Å². The van der Waals surface area contributed by atoms with Gasteiger partial charge in [0.2, 0.25) is 0 Å². The molecule has 1 N–H and O–H groups in total. The third kappa shape index (κ3) is 4.17. The number of aromatic nitrogens is 4. The van der Waals surface area contributed by atoms with Crippen LogP contribution in [0.1, 0.15) is 6.42 Å². The highest BCUT2D eigenvalue weighted by Gasteiger charge is 2.09. The molecule has 6 heteroatoms. The molecule has 1 aromatic carbocycles.